The predicted molar refractivity (Wildman–Crippen MR) is 51.4 cm³/mol. The SMILES string of the molecule is [B]c1cc([B])c(C(O)O)c([B])c1O. The fourth-order valence-electron chi connectivity index (χ4n) is 1.04. The molecule has 0 unspecified atom stereocenters. The second-order valence-electron chi connectivity index (χ2n) is 2.60. The monoisotopic (exact) mass is 170 g/mol. The van der Waals surface area contributed by atoms with Gasteiger partial charge in [0.2, 0.25) is 0 Å². The molecule has 1 aromatic carbocycles. The number of phenolic OH excluding ortho intramolecular Hbond substituents is 1. The predicted octanol–water partition coefficient (Wildman–Crippen LogP) is -3.24. The van der Waals surface area contributed by atoms with Gasteiger partial charge in [0.05, 0.1) is 0 Å². The Hall–Kier alpha value is -0.865. The second kappa shape index (κ2) is 3.48. The highest BCUT2D eigenvalue weighted by molar-refractivity contribution is 6.46. The summed E-state index contributed by atoms with van der Waals surface area (Å²) in [7, 11) is 16.1. The lowest BCUT2D eigenvalue weighted by Crippen LogP contribution is -2.31. The third-order valence-electron chi connectivity index (χ3n) is 1.70. The van der Waals surface area contributed by atoms with Crippen molar-refractivity contribution in [3.05, 3.63) is 11.6 Å². The van der Waals surface area contributed by atoms with Crippen LogP contribution >= 0.6 is 0 Å². The summed E-state index contributed by atoms with van der Waals surface area (Å²) in [6.45, 7) is 0. The Morgan fingerprint density at radius 2 is 1.62 bits per heavy atom. The van der Waals surface area contributed by atoms with E-state index < -0.39 is 12.0 Å². The number of aliphatic hydroxyl groups excluding tert-OH is 1. The Morgan fingerprint density at radius 3 is 2.08 bits per heavy atom. The van der Waals surface area contributed by atoms with E-state index in [1.807, 2.05) is 0 Å². The first-order valence-electron chi connectivity index (χ1n) is 3.47. The fraction of sp³-hybridized carbons (Fsp3) is 0.143. The molecule has 13 heavy (non-hydrogen) atoms. The normalized spacial score (nSPS) is 10.7. The topological polar surface area (TPSA) is 60.7 Å². The summed E-state index contributed by atoms with van der Waals surface area (Å²) >= 11 is 0. The van der Waals surface area contributed by atoms with Gasteiger partial charge >= 0.3 is 0 Å². The molecule has 6 heteroatoms. The van der Waals surface area contributed by atoms with E-state index in [1.165, 1.54) is 6.07 Å². The first-order chi connectivity index (χ1) is 5.95. The van der Waals surface area contributed by atoms with Crippen molar-refractivity contribution in [3.63, 3.8) is 0 Å². The van der Waals surface area contributed by atoms with Crippen LogP contribution in [0.2, 0.25) is 0 Å². The molecule has 0 atom stereocenters. The van der Waals surface area contributed by atoms with Crippen molar-refractivity contribution in [2.75, 3.05) is 0 Å². The zero-order valence-electron chi connectivity index (χ0n) is 6.73. The van der Waals surface area contributed by atoms with Gasteiger partial charge in [0.15, 0.2) is 6.29 Å². The van der Waals surface area contributed by atoms with Crippen molar-refractivity contribution < 1.29 is 15.3 Å². The van der Waals surface area contributed by atoms with Crippen LogP contribution in [0, 0.1) is 0 Å². The molecule has 0 heterocycles. The lowest BCUT2D eigenvalue weighted by molar-refractivity contribution is -0.0409. The number of aromatic hydroxyl groups is 1. The Bertz CT molecular complexity index is 338. The second-order valence-corrected chi connectivity index (χ2v) is 2.60. The molecule has 60 valence electrons. The van der Waals surface area contributed by atoms with Gasteiger partial charge in [0.25, 0.3) is 0 Å². The van der Waals surface area contributed by atoms with Crippen molar-refractivity contribution in [3.8, 4) is 5.75 Å². The molecule has 0 saturated carbocycles. The molecule has 0 fully saturated rings. The molecule has 1 rings (SSSR count). The molecule has 0 saturated heterocycles. The van der Waals surface area contributed by atoms with E-state index in [-0.39, 0.29) is 22.0 Å². The van der Waals surface area contributed by atoms with E-state index in [0.717, 1.165) is 0 Å². The largest absolute Gasteiger partial charge is 0.509 e. The van der Waals surface area contributed by atoms with Crippen LogP contribution in [0.5, 0.6) is 5.75 Å². The third-order valence-corrected chi connectivity index (χ3v) is 1.70. The van der Waals surface area contributed by atoms with Crippen LogP contribution in [0.1, 0.15) is 11.9 Å². The van der Waals surface area contributed by atoms with Crippen LogP contribution < -0.4 is 16.4 Å². The Labute approximate surface area is 79.6 Å². The van der Waals surface area contributed by atoms with Crippen molar-refractivity contribution in [2.24, 2.45) is 0 Å². The van der Waals surface area contributed by atoms with E-state index in [2.05, 4.69) is 0 Å². The third kappa shape index (κ3) is 1.74. The zero-order valence-corrected chi connectivity index (χ0v) is 6.73. The van der Waals surface area contributed by atoms with Crippen molar-refractivity contribution in [1.29, 1.82) is 0 Å². The molecule has 6 radical (unpaired) electrons. The maximum absolute atomic E-state index is 9.23. The average Bonchev–Trinajstić information content (AvgIpc) is 1.99. The maximum atomic E-state index is 9.23. The van der Waals surface area contributed by atoms with Gasteiger partial charge < -0.3 is 15.3 Å². The lowest BCUT2D eigenvalue weighted by Gasteiger charge is -2.15. The van der Waals surface area contributed by atoms with Crippen LogP contribution in [0.4, 0.5) is 0 Å². The number of aliphatic hydroxyl groups is 2. The van der Waals surface area contributed by atoms with E-state index in [1.54, 1.807) is 0 Å². The molecular weight excluding hydrogens is 165 g/mol. The van der Waals surface area contributed by atoms with E-state index >= 15 is 0 Å². The molecule has 1 aromatic rings. The molecular formula is C7H5B3O3. The van der Waals surface area contributed by atoms with Gasteiger partial charge in [-0.25, -0.2) is 0 Å². The summed E-state index contributed by atoms with van der Waals surface area (Å²) < 4.78 is 0. The lowest BCUT2D eigenvalue weighted by atomic mass is 9.75. The highest BCUT2D eigenvalue weighted by atomic mass is 16.5. The number of hydrogen-bond acceptors (Lipinski definition) is 3. The van der Waals surface area contributed by atoms with Gasteiger partial charge in [-0.3, -0.25) is 0 Å². The van der Waals surface area contributed by atoms with Crippen LogP contribution in [-0.2, 0) is 0 Å². The number of benzene rings is 1. The zero-order chi connectivity index (χ0) is 10.2. The van der Waals surface area contributed by atoms with Crippen LogP contribution in [-0.4, -0.2) is 38.9 Å². The van der Waals surface area contributed by atoms with Gasteiger partial charge in [0, 0.05) is 0 Å². The minimum absolute atomic E-state index is 0.000556. The Balaban J connectivity index is 3.44. The summed E-state index contributed by atoms with van der Waals surface area (Å²) in [4.78, 5) is 0. The molecule has 0 aromatic heterocycles. The summed E-state index contributed by atoms with van der Waals surface area (Å²) in [5, 5.41) is 26.9. The van der Waals surface area contributed by atoms with Crippen molar-refractivity contribution in [2.45, 2.75) is 6.29 Å². The van der Waals surface area contributed by atoms with Gasteiger partial charge in [-0.2, -0.15) is 0 Å². The van der Waals surface area contributed by atoms with Gasteiger partial charge in [-0.15, -0.1) is 0 Å². The summed E-state index contributed by atoms with van der Waals surface area (Å²) in [6, 6.07) is 1.21. The van der Waals surface area contributed by atoms with Gasteiger partial charge in [-0.05, 0) is 11.0 Å². The summed E-state index contributed by atoms with van der Waals surface area (Å²) in [5.74, 6) is -0.391. The molecule has 0 aliphatic carbocycles. The van der Waals surface area contributed by atoms with E-state index in [9.17, 15) is 5.11 Å². The van der Waals surface area contributed by atoms with E-state index in [4.69, 9.17) is 33.8 Å². The Morgan fingerprint density at radius 1 is 1.08 bits per heavy atom. The van der Waals surface area contributed by atoms with Crippen LogP contribution in [0.3, 0.4) is 0 Å². The number of hydrogen-bond donors (Lipinski definition) is 3. The number of rotatable bonds is 1. The highest BCUT2D eigenvalue weighted by Crippen LogP contribution is 2.07. The van der Waals surface area contributed by atoms with Gasteiger partial charge in [0.1, 0.15) is 29.3 Å². The quantitative estimate of drug-likeness (QED) is 0.306. The minimum Gasteiger partial charge on any atom is -0.509 e. The highest BCUT2D eigenvalue weighted by Gasteiger charge is 2.13. The Kier molecular flexibility index (Phi) is 2.73. The maximum Gasteiger partial charge on any atom is 0.177 e. The van der Waals surface area contributed by atoms with Crippen molar-refractivity contribution in [1.82, 2.24) is 0 Å². The molecule has 0 bridgehead atoms. The molecule has 0 aliphatic heterocycles. The molecule has 0 aliphatic rings. The van der Waals surface area contributed by atoms with Crippen LogP contribution in [0.25, 0.3) is 0 Å². The summed E-state index contributed by atoms with van der Waals surface area (Å²) in [6.07, 6.45) is -1.83. The molecule has 0 spiro atoms. The molecule has 3 nitrogen and oxygen atoms in total. The first-order valence-corrected chi connectivity index (χ1v) is 3.47. The molecule has 3 N–H and O–H groups in total. The summed E-state index contributed by atoms with van der Waals surface area (Å²) in [5.41, 5.74) is -0.318. The van der Waals surface area contributed by atoms with E-state index in [0.29, 0.717) is 0 Å². The standard InChI is InChI=1S/C7H5B3O3/c8-2-1-3(9)6(11)5(10)4(2)7(12)13/h1,7,11-13H. The fourth-order valence-corrected chi connectivity index (χ4v) is 1.04. The average molecular weight is 170 g/mol. The van der Waals surface area contributed by atoms with Gasteiger partial charge in [-0.1, -0.05) is 17.0 Å². The van der Waals surface area contributed by atoms with Crippen molar-refractivity contribution >= 4 is 39.9 Å². The van der Waals surface area contributed by atoms with Crippen LogP contribution in [0.15, 0.2) is 6.07 Å². The minimum atomic E-state index is -1.83. The first kappa shape index (κ1) is 10.2. The molecule has 0 amide bonds. The smallest absolute Gasteiger partial charge is 0.177 e. The number of phenols is 1.